The molecular formula is C21H18BrCl2NO. The van der Waals surface area contributed by atoms with Gasteiger partial charge in [-0.3, -0.25) is 0 Å². The van der Waals surface area contributed by atoms with Crippen LogP contribution >= 0.6 is 39.1 Å². The number of hydrogen-bond donors (Lipinski definition) is 1. The second-order valence-electron chi connectivity index (χ2n) is 5.96. The summed E-state index contributed by atoms with van der Waals surface area (Å²) < 4.78 is 7.02. The van der Waals surface area contributed by atoms with Crippen LogP contribution in [0.1, 0.15) is 16.7 Å². The third-order valence-electron chi connectivity index (χ3n) is 3.99. The molecule has 0 saturated carbocycles. The van der Waals surface area contributed by atoms with Gasteiger partial charge in [0.2, 0.25) is 0 Å². The average Bonchev–Trinajstić information content (AvgIpc) is 2.62. The van der Waals surface area contributed by atoms with Gasteiger partial charge in [-0.05, 0) is 49.4 Å². The van der Waals surface area contributed by atoms with E-state index in [1.165, 1.54) is 5.56 Å². The Labute approximate surface area is 172 Å². The van der Waals surface area contributed by atoms with Crippen LogP contribution in [0.4, 0.5) is 5.69 Å². The summed E-state index contributed by atoms with van der Waals surface area (Å²) in [5.74, 6) is 0.795. The van der Waals surface area contributed by atoms with E-state index < -0.39 is 0 Å². The third-order valence-corrected chi connectivity index (χ3v) is 5.19. The Morgan fingerprint density at radius 1 is 0.962 bits per heavy atom. The van der Waals surface area contributed by atoms with Crippen LogP contribution in [0.15, 0.2) is 65.1 Å². The minimum Gasteiger partial charge on any atom is -0.488 e. The van der Waals surface area contributed by atoms with E-state index in [9.17, 15) is 0 Å². The van der Waals surface area contributed by atoms with E-state index in [4.69, 9.17) is 27.9 Å². The molecule has 0 aliphatic carbocycles. The summed E-state index contributed by atoms with van der Waals surface area (Å²) in [7, 11) is 0. The van der Waals surface area contributed by atoms with Crippen LogP contribution in [0.25, 0.3) is 0 Å². The van der Waals surface area contributed by atoms with Gasteiger partial charge in [0.05, 0.1) is 0 Å². The lowest BCUT2D eigenvalue weighted by atomic mass is 10.1. The maximum atomic E-state index is 6.23. The Morgan fingerprint density at radius 2 is 1.65 bits per heavy atom. The molecule has 0 fully saturated rings. The van der Waals surface area contributed by atoms with Gasteiger partial charge in [-0.1, -0.05) is 62.9 Å². The number of benzene rings is 3. The fourth-order valence-electron chi connectivity index (χ4n) is 2.52. The first-order valence-electron chi connectivity index (χ1n) is 8.17. The molecule has 0 spiro atoms. The molecule has 0 unspecified atom stereocenters. The molecule has 0 aromatic heterocycles. The smallest absolute Gasteiger partial charge is 0.124 e. The van der Waals surface area contributed by atoms with Crippen molar-refractivity contribution in [1.29, 1.82) is 0 Å². The monoisotopic (exact) mass is 449 g/mol. The summed E-state index contributed by atoms with van der Waals surface area (Å²) >= 11 is 16.0. The average molecular weight is 451 g/mol. The first kappa shape index (κ1) is 19.1. The van der Waals surface area contributed by atoms with E-state index >= 15 is 0 Å². The van der Waals surface area contributed by atoms with E-state index in [2.05, 4.69) is 52.4 Å². The Kier molecular flexibility index (Phi) is 6.47. The second kappa shape index (κ2) is 8.81. The predicted octanol–water partition coefficient (Wildman–Crippen LogP) is 7.26. The molecule has 3 aromatic carbocycles. The fraction of sp³-hybridized carbons (Fsp3) is 0.143. The highest BCUT2D eigenvalue weighted by molar-refractivity contribution is 9.10. The number of rotatable bonds is 6. The molecule has 3 rings (SSSR count). The number of anilines is 1. The number of aryl methyl sites for hydroxylation is 1. The van der Waals surface area contributed by atoms with Crippen molar-refractivity contribution in [2.75, 3.05) is 5.32 Å². The van der Waals surface area contributed by atoms with Crippen LogP contribution in [0.5, 0.6) is 5.75 Å². The number of halogens is 3. The minimum atomic E-state index is 0.317. The predicted molar refractivity (Wildman–Crippen MR) is 113 cm³/mol. The highest BCUT2D eigenvalue weighted by Gasteiger charge is 2.09. The van der Waals surface area contributed by atoms with Gasteiger partial charge in [0, 0.05) is 37.9 Å². The Bertz CT molecular complexity index is 877. The van der Waals surface area contributed by atoms with Gasteiger partial charge in [0.1, 0.15) is 12.4 Å². The maximum Gasteiger partial charge on any atom is 0.124 e. The van der Waals surface area contributed by atoms with E-state index in [0.29, 0.717) is 23.2 Å². The zero-order chi connectivity index (χ0) is 18.5. The maximum absolute atomic E-state index is 6.23. The van der Waals surface area contributed by atoms with E-state index in [1.54, 1.807) is 0 Å². The molecule has 0 amide bonds. The van der Waals surface area contributed by atoms with Crippen molar-refractivity contribution in [2.45, 2.75) is 20.1 Å². The topological polar surface area (TPSA) is 21.3 Å². The molecule has 0 bridgehead atoms. The summed E-state index contributed by atoms with van der Waals surface area (Å²) in [4.78, 5) is 0. The molecular weight excluding hydrogens is 433 g/mol. The van der Waals surface area contributed by atoms with Crippen LogP contribution in [-0.2, 0) is 13.2 Å². The van der Waals surface area contributed by atoms with Crippen LogP contribution in [0.3, 0.4) is 0 Å². The summed E-state index contributed by atoms with van der Waals surface area (Å²) in [5.41, 5.74) is 4.13. The van der Waals surface area contributed by atoms with Gasteiger partial charge >= 0.3 is 0 Å². The number of ether oxygens (including phenoxy) is 1. The number of hydrogen-bond acceptors (Lipinski definition) is 2. The minimum absolute atomic E-state index is 0.317. The van der Waals surface area contributed by atoms with Gasteiger partial charge in [0.25, 0.3) is 0 Å². The zero-order valence-corrected chi connectivity index (χ0v) is 17.3. The van der Waals surface area contributed by atoms with Crippen LogP contribution in [0, 0.1) is 6.92 Å². The van der Waals surface area contributed by atoms with Crippen molar-refractivity contribution in [2.24, 2.45) is 0 Å². The largest absolute Gasteiger partial charge is 0.488 e. The lowest BCUT2D eigenvalue weighted by Crippen LogP contribution is -2.04. The lowest BCUT2D eigenvalue weighted by molar-refractivity contribution is 0.303. The molecule has 0 radical (unpaired) electrons. The van der Waals surface area contributed by atoms with Gasteiger partial charge in [-0.25, -0.2) is 0 Å². The Hall–Kier alpha value is -1.68. The van der Waals surface area contributed by atoms with Crippen molar-refractivity contribution in [1.82, 2.24) is 0 Å². The molecule has 2 nitrogen and oxygen atoms in total. The highest BCUT2D eigenvalue weighted by atomic mass is 79.9. The fourth-order valence-corrected chi connectivity index (χ4v) is 3.43. The SMILES string of the molecule is Cc1ccc(NCc2cc(Br)ccc2OCc2c(Cl)cccc2Cl)cc1. The van der Waals surface area contributed by atoms with Crippen molar-refractivity contribution in [3.8, 4) is 5.75 Å². The van der Waals surface area contributed by atoms with Gasteiger partial charge in [-0.2, -0.15) is 0 Å². The second-order valence-corrected chi connectivity index (χ2v) is 7.69. The molecule has 0 aliphatic heterocycles. The molecule has 0 saturated heterocycles. The summed E-state index contributed by atoms with van der Waals surface area (Å²) in [6.07, 6.45) is 0. The lowest BCUT2D eigenvalue weighted by Gasteiger charge is -2.15. The van der Waals surface area contributed by atoms with Crippen molar-refractivity contribution in [3.05, 3.63) is 91.9 Å². The molecule has 134 valence electrons. The summed E-state index contributed by atoms with van der Waals surface area (Å²) in [6, 6.07) is 19.7. The first-order valence-corrected chi connectivity index (χ1v) is 9.72. The third kappa shape index (κ3) is 4.94. The van der Waals surface area contributed by atoms with Gasteiger partial charge in [0.15, 0.2) is 0 Å². The molecule has 1 N–H and O–H groups in total. The van der Waals surface area contributed by atoms with Crippen molar-refractivity contribution >= 4 is 44.8 Å². The summed E-state index contributed by atoms with van der Waals surface area (Å²) in [5, 5.41) is 4.63. The van der Waals surface area contributed by atoms with Crippen LogP contribution in [0.2, 0.25) is 10.0 Å². The standard InChI is InChI=1S/C21H18BrCl2NO/c1-14-5-8-17(9-6-14)25-12-15-11-16(22)7-10-21(15)26-13-18-19(23)3-2-4-20(18)24/h2-11,25H,12-13H2,1H3. The zero-order valence-electron chi connectivity index (χ0n) is 14.2. The molecule has 0 atom stereocenters. The van der Waals surface area contributed by atoms with Gasteiger partial charge in [-0.15, -0.1) is 0 Å². The first-order chi connectivity index (χ1) is 12.5. The molecule has 0 aliphatic rings. The molecule has 26 heavy (non-hydrogen) atoms. The van der Waals surface area contributed by atoms with Crippen molar-refractivity contribution < 1.29 is 4.74 Å². The van der Waals surface area contributed by atoms with Gasteiger partial charge < -0.3 is 10.1 Å². The molecule has 3 aromatic rings. The Morgan fingerprint density at radius 3 is 2.35 bits per heavy atom. The highest BCUT2D eigenvalue weighted by Crippen LogP contribution is 2.29. The number of nitrogens with one attached hydrogen (secondary N) is 1. The summed E-state index contributed by atoms with van der Waals surface area (Å²) in [6.45, 7) is 3.04. The van der Waals surface area contributed by atoms with E-state index in [0.717, 1.165) is 27.0 Å². The Balaban J connectivity index is 1.74. The van der Waals surface area contributed by atoms with Crippen LogP contribution < -0.4 is 10.1 Å². The van der Waals surface area contributed by atoms with E-state index in [1.807, 2.05) is 36.4 Å². The molecule has 5 heteroatoms. The van der Waals surface area contributed by atoms with Crippen LogP contribution in [-0.4, -0.2) is 0 Å². The normalized spacial score (nSPS) is 10.6. The molecule has 0 heterocycles. The quantitative estimate of drug-likeness (QED) is 0.426. The van der Waals surface area contributed by atoms with Crippen molar-refractivity contribution in [3.63, 3.8) is 0 Å². The van der Waals surface area contributed by atoms with E-state index in [-0.39, 0.29) is 0 Å².